The minimum absolute atomic E-state index is 0.0763. The molecule has 2 N–H and O–H groups in total. The van der Waals surface area contributed by atoms with E-state index in [1.807, 2.05) is 32.0 Å². The predicted octanol–water partition coefficient (Wildman–Crippen LogP) is 2.02. The van der Waals surface area contributed by atoms with E-state index in [4.69, 9.17) is 4.74 Å². The van der Waals surface area contributed by atoms with Crippen LogP contribution in [0.1, 0.15) is 37.2 Å². The Morgan fingerprint density at radius 3 is 2.90 bits per heavy atom. The molecule has 0 aliphatic heterocycles. The fourth-order valence-electron chi connectivity index (χ4n) is 2.14. The first-order chi connectivity index (χ1) is 10.1. The molecule has 0 bridgehead atoms. The van der Waals surface area contributed by atoms with E-state index in [0.717, 1.165) is 18.4 Å². The van der Waals surface area contributed by atoms with Crippen LogP contribution in [0.15, 0.2) is 24.3 Å². The molecule has 21 heavy (non-hydrogen) atoms. The summed E-state index contributed by atoms with van der Waals surface area (Å²) in [5.41, 5.74) is 0.950. The molecule has 2 rings (SSSR count). The fourth-order valence-corrected chi connectivity index (χ4v) is 2.14. The molecule has 0 aliphatic carbocycles. The lowest BCUT2D eigenvalue weighted by Crippen LogP contribution is -2.35. The van der Waals surface area contributed by atoms with E-state index in [0.29, 0.717) is 5.39 Å². The van der Waals surface area contributed by atoms with Gasteiger partial charge >= 0.3 is 5.97 Å². The number of hydrogen-bond donors (Lipinski definition) is 2. The molecule has 0 radical (unpaired) electrons. The third-order valence-corrected chi connectivity index (χ3v) is 3.13. The highest BCUT2D eigenvalue weighted by Gasteiger charge is 2.17. The number of amides is 1. The van der Waals surface area contributed by atoms with Crippen LogP contribution in [0, 0.1) is 0 Å². The maximum absolute atomic E-state index is 12.0. The van der Waals surface area contributed by atoms with Crippen molar-refractivity contribution in [2.45, 2.75) is 32.7 Å². The summed E-state index contributed by atoms with van der Waals surface area (Å²) in [4.78, 5) is 23.6. The van der Waals surface area contributed by atoms with E-state index in [1.54, 1.807) is 6.07 Å². The van der Waals surface area contributed by atoms with Crippen LogP contribution in [0.4, 0.5) is 0 Å². The largest absolute Gasteiger partial charge is 0.451 e. The van der Waals surface area contributed by atoms with Gasteiger partial charge in [-0.25, -0.2) is 4.79 Å². The number of nitrogens with one attached hydrogen (secondary N) is 2. The van der Waals surface area contributed by atoms with Gasteiger partial charge in [0.25, 0.3) is 5.91 Å². The Bertz CT molecular complexity index is 636. The smallest absolute Gasteiger partial charge is 0.359 e. The number of fused-ring (bicyclic) bond motifs is 1. The number of benzene rings is 1. The third kappa shape index (κ3) is 3.81. The third-order valence-electron chi connectivity index (χ3n) is 3.13. The van der Waals surface area contributed by atoms with Crippen LogP contribution in [0.3, 0.4) is 0 Å². The number of esters is 1. The number of carbonyl (C=O) groups excluding carboxylic acids is 2. The Labute approximate surface area is 122 Å². The lowest BCUT2D eigenvalue weighted by molar-refractivity contribution is -0.124. The van der Waals surface area contributed by atoms with E-state index in [2.05, 4.69) is 15.5 Å². The zero-order valence-electron chi connectivity index (χ0n) is 12.2. The second kappa shape index (κ2) is 6.88. The molecule has 1 atom stereocenters. The van der Waals surface area contributed by atoms with Gasteiger partial charge in [0.1, 0.15) is 0 Å². The number of aromatic amines is 1. The highest BCUT2D eigenvalue weighted by molar-refractivity contribution is 6.02. The highest BCUT2D eigenvalue weighted by Crippen LogP contribution is 2.15. The van der Waals surface area contributed by atoms with Crippen molar-refractivity contribution < 1.29 is 14.3 Å². The maximum atomic E-state index is 12.0. The minimum Gasteiger partial charge on any atom is -0.451 e. The first-order valence-corrected chi connectivity index (χ1v) is 7.01. The van der Waals surface area contributed by atoms with Gasteiger partial charge in [0, 0.05) is 11.4 Å². The molecular weight excluding hydrogens is 270 g/mol. The van der Waals surface area contributed by atoms with Gasteiger partial charge in [0.05, 0.1) is 5.52 Å². The summed E-state index contributed by atoms with van der Waals surface area (Å²) in [6.07, 6.45) is 1.88. The molecule has 2 aromatic rings. The molecule has 0 saturated carbocycles. The number of hydrogen-bond acceptors (Lipinski definition) is 4. The van der Waals surface area contributed by atoms with Crippen LogP contribution in [0.25, 0.3) is 10.9 Å². The molecule has 1 aromatic carbocycles. The van der Waals surface area contributed by atoms with E-state index >= 15 is 0 Å². The zero-order chi connectivity index (χ0) is 15.2. The van der Waals surface area contributed by atoms with Gasteiger partial charge in [-0.15, -0.1) is 0 Å². The average Bonchev–Trinajstić information content (AvgIpc) is 2.89. The number of nitrogens with zero attached hydrogens (tertiary/aromatic N) is 1. The van der Waals surface area contributed by atoms with Gasteiger partial charge in [0.2, 0.25) is 0 Å². The summed E-state index contributed by atoms with van der Waals surface area (Å²) in [7, 11) is 0. The van der Waals surface area contributed by atoms with Crippen molar-refractivity contribution in [1.82, 2.24) is 15.5 Å². The first-order valence-electron chi connectivity index (χ1n) is 7.01. The summed E-state index contributed by atoms with van der Waals surface area (Å²) < 4.78 is 5.00. The predicted molar refractivity (Wildman–Crippen MR) is 78.9 cm³/mol. The van der Waals surface area contributed by atoms with Gasteiger partial charge in [-0.2, -0.15) is 5.10 Å². The van der Waals surface area contributed by atoms with Crippen molar-refractivity contribution in [3.63, 3.8) is 0 Å². The molecule has 0 fully saturated rings. The SMILES string of the molecule is CCCC(C)NC(=O)COC(=O)c1n[nH]c2ccccc12. The zero-order valence-corrected chi connectivity index (χ0v) is 12.2. The van der Waals surface area contributed by atoms with Crippen molar-refractivity contribution in [2.75, 3.05) is 6.61 Å². The van der Waals surface area contributed by atoms with Gasteiger partial charge in [-0.3, -0.25) is 9.89 Å². The molecule has 1 unspecified atom stereocenters. The first kappa shape index (κ1) is 15.0. The number of para-hydroxylation sites is 1. The molecule has 0 aliphatic rings. The summed E-state index contributed by atoms with van der Waals surface area (Å²) in [5.74, 6) is -0.908. The number of aromatic nitrogens is 2. The highest BCUT2D eigenvalue weighted by atomic mass is 16.5. The van der Waals surface area contributed by atoms with Crippen molar-refractivity contribution >= 4 is 22.8 Å². The topological polar surface area (TPSA) is 84.1 Å². The van der Waals surface area contributed by atoms with E-state index in [1.165, 1.54) is 0 Å². The number of rotatable bonds is 6. The van der Waals surface area contributed by atoms with Gasteiger partial charge < -0.3 is 10.1 Å². The summed E-state index contributed by atoms with van der Waals surface area (Å²) in [5, 5.41) is 10.1. The maximum Gasteiger partial charge on any atom is 0.359 e. The quantitative estimate of drug-likeness (QED) is 0.797. The Kier molecular flexibility index (Phi) is 4.92. The van der Waals surface area contributed by atoms with E-state index < -0.39 is 5.97 Å². The number of carbonyl (C=O) groups is 2. The summed E-state index contributed by atoms with van der Waals surface area (Å²) in [6, 6.07) is 7.33. The lowest BCUT2D eigenvalue weighted by Gasteiger charge is -2.12. The number of H-pyrrole nitrogens is 1. The van der Waals surface area contributed by atoms with Gasteiger partial charge in [-0.05, 0) is 19.4 Å². The average molecular weight is 289 g/mol. The second-order valence-electron chi connectivity index (χ2n) is 4.95. The molecule has 1 amide bonds. The van der Waals surface area contributed by atoms with E-state index in [-0.39, 0.29) is 24.2 Å². The fraction of sp³-hybridized carbons (Fsp3) is 0.400. The van der Waals surface area contributed by atoms with Crippen LogP contribution in [-0.2, 0) is 9.53 Å². The minimum atomic E-state index is -0.606. The molecule has 0 saturated heterocycles. The van der Waals surface area contributed by atoms with Crippen molar-refractivity contribution in [2.24, 2.45) is 0 Å². The Morgan fingerprint density at radius 1 is 1.38 bits per heavy atom. The molecular formula is C15H19N3O3. The van der Waals surface area contributed by atoms with Crippen molar-refractivity contribution in [1.29, 1.82) is 0 Å². The monoisotopic (exact) mass is 289 g/mol. The van der Waals surface area contributed by atoms with Crippen LogP contribution >= 0.6 is 0 Å². The summed E-state index contributed by atoms with van der Waals surface area (Å²) >= 11 is 0. The molecule has 1 heterocycles. The van der Waals surface area contributed by atoms with Crippen molar-refractivity contribution in [3.05, 3.63) is 30.0 Å². The molecule has 6 heteroatoms. The van der Waals surface area contributed by atoms with Crippen molar-refractivity contribution in [3.8, 4) is 0 Å². The second-order valence-corrected chi connectivity index (χ2v) is 4.95. The Hall–Kier alpha value is -2.37. The number of ether oxygens (including phenoxy) is 1. The van der Waals surface area contributed by atoms with Crippen LogP contribution in [-0.4, -0.2) is 34.7 Å². The van der Waals surface area contributed by atoms with Gasteiger partial charge in [-0.1, -0.05) is 31.5 Å². The molecule has 112 valence electrons. The van der Waals surface area contributed by atoms with Gasteiger partial charge in [0.15, 0.2) is 12.3 Å². The van der Waals surface area contributed by atoms with E-state index in [9.17, 15) is 9.59 Å². The van der Waals surface area contributed by atoms with Crippen LogP contribution in [0.2, 0.25) is 0 Å². The van der Waals surface area contributed by atoms with Crippen LogP contribution in [0.5, 0.6) is 0 Å². The lowest BCUT2D eigenvalue weighted by atomic mass is 10.2. The molecule has 0 spiro atoms. The Balaban J connectivity index is 1.91. The van der Waals surface area contributed by atoms with Crippen LogP contribution < -0.4 is 5.32 Å². The molecule has 1 aromatic heterocycles. The molecule has 6 nitrogen and oxygen atoms in total. The summed E-state index contributed by atoms with van der Waals surface area (Å²) in [6.45, 7) is 3.67. The Morgan fingerprint density at radius 2 is 2.14 bits per heavy atom. The standard InChI is InChI=1S/C15H19N3O3/c1-3-6-10(2)16-13(19)9-21-15(20)14-11-7-4-5-8-12(11)17-18-14/h4-5,7-8,10H,3,6,9H2,1-2H3,(H,16,19)(H,17,18). The normalized spacial score (nSPS) is 12.1.